The highest BCUT2D eigenvalue weighted by molar-refractivity contribution is 5.64. The molecule has 0 aliphatic heterocycles. The summed E-state index contributed by atoms with van der Waals surface area (Å²) in [5.41, 5.74) is 5.54. The zero-order valence-electron chi connectivity index (χ0n) is 15.5. The summed E-state index contributed by atoms with van der Waals surface area (Å²) < 4.78 is 0. The molecular weight excluding hydrogens is 300 g/mol. The molecule has 0 heteroatoms. The van der Waals surface area contributed by atoms with Crippen LogP contribution in [0.25, 0.3) is 11.1 Å². The van der Waals surface area contributed by atoms with Crippen LogP contribution >= 0.6 is 0 Å². The Bertz CT molecular complexity index is 680. The Morgan fingerprint density at radius 2 is 1.48 bits per heavy atom. The molecule has 2 aromatic carbocycles. The van der Waals surface area contributed by atoms with Crippen LogP contribution in [0.15, 0.2) is 73.3 Å². The molecule has 0 nitrogen and oxygen atoms in total. The Hall–Kier alpha value is -2.08. The number of rotatable bonds is 6. The first-order valence-corrected chi connectivity index (χ1v) is 9.73. The van der Waals surface area contributed by atoms with Gasteiger partial charge in [0.05, 0.1) is 0 Å². The molecule has 0 amide bonds. The molecule has 0 aromatic heterocycles. The van der Waals surface area contributed by atoms with Gasteiger partial charge in [-0.1, -0.05) is 66.8 Å². The molecule has 2 aromatic rings. The zero-order chi connectivity index (χ0) is 17.5. The summed E-state index contributed by atoms with van der Waals surface area (Å²) in [6.07, 6.45) is 14.0. The summed E-state index contributed by atoms with van der Waals surface area (Å²) in [5, 5.41) is 0. The molecule has 0 radical (unpaired) electrons. The van der Waals surface area contributed by atoms with E-state index in [0.717, 1.165) is 24.7 Å². The van der Waals surface area contributed by atoms with Crippen LogP contribution in [-0.2, 0) is 6.42 Å². The van der Waals surface area contributed by atoms with E-state index in [1.54, 1.807) is 0 Å². The lowest BCUT2D eigenvalue weighted by molar-refractivity contribution is 0.376. The van der Waals surface area contributed by atoms with Crippen molar-refractivity contribution in [2.24, 2.45) is 5.92 Å². The fourth-order valence-corrected chi connectivity index (χ4v) is 4.00. The van der Waals surface area contributed by atoms with E-state index >= 15 is 0 Å². The van der Waals surface area contributed by atoms with Crippen molar-refractivity contribution in [2.75, 3.05) is 0 Å². The molecule has 0 bridgehead atoms. The van der Waals surface area contributed by atoms with Gasteiger partial charge in [-0.2, -0.15) is 0 Å². The average Bonchev–Trinajstić information content (AvgIpc) is 2.68. The van der Waals surface area contributed by atoms with E-state index in [9.17, 15) is 0 Å². The minimum atomic E-state index is 0.747. The van der Waals surface area contributed by atoms with Crippen molar-refractivity contribution < 1.29 is 0 Å². The first kappa shape index (κ1) is 17.7. The highest BCUT2D eigenvalue weighted by Crippen LogP contribution is 2.36. The van der Waals surface area contributed by atoms with Gasteiger partial charge in [0.2, 0.25) is 0 Å². The quantitative estimate of drug-likeness (QED) is 0.487. The van der Waals surface area contributed by atoms with Crippen molar-refractivity contribution in [2.45, 2.75) is 51.4 Å². The summed E-state index contributed by atoms with van der Waals surface area (Å²) in [7, 11) is 0. The fourth-order valence-electron chi connectivity index (χ4n) is 4.00. The number of hydrogen-bond acceptors (Lipinski definition) is 0. The Kier molecular flexibility index (Phi) is 6.28. The second-order valence-electron chi connectivity index (χ2n) is 7.28. The van der Waals surface area contributed by atoms with Crippen LogP contribution in [0.1, 0.15) is 56.1 Å². The van der Waals surface area contributed by atoms with Gasteiger partial charge in [-0.25, -0.2) is 0 Å². The highest BCUT2D eigenvalue weighted by Gasteiger charge is 2.20. The standard InChI is InChI=1S/C25H30/c1-3-5-7-21-10-14-23(15-11-21)25-18-16-24(17-19-25)22-12-8-20(6-4-2)9-13-22/h3-4,6,10-11,14-20,22H,1,5,7-9,12-13H2,2H3. The average molecular weight is 331 g/mol. The minimum absolute atomic E-state index is 0.747. The molecule has 1 saturated carbocycles. The van der Waals surface area contributed by atoms with Crippen LogP contribution in [0.4, 0.5) is 0 Å². The number of aryl methyl sites for hydroxylation is 1. The van der Waals surface area contributed by atoms with Gasteiger partial charge in [-0.3, -0.25) is 0 Å². The summed E-state index contributed by atoms with van der Waals surface area (Å²) in [4.78, 5) is 0. The number of benzene rings is 2. The molecule has 1 fully saturated rings. The third kappa shape index (κ3) is 4.72. The second-order valence-corrected chi connectivity index (χ2v) is 7.28. The Morgan fingerprint density at radius 1 is 0.880 bits per heavy atom. The molecule has 0 saturated heterocycles. The maximum atomic E-state index is 3.80. The Morgan fingerprint density at radius 3 is 2.04 bits per heavy atom. The van der Waals surface area contributed by atoms with Gasteiger partial charge in [0, 0.05) is 0 Å². The molecule has 25 heavy (non-hydrogen) atoms. The molecule has 1 aliphatic carbocycles. The summed E-state index contributed by atoms with van der Waals surface area (Å²) in [6.45, 7) is 5.93. The van der Waals surface area contributed by atoms with Gasteiger partial charge in [0.25, 0.3) is 0 Å². The topological polar surface area (TPSA) is 0 Å². The minimum Gasteiger partial charge on any atom is -0.103 e. The molecule has 3 rings (SSSR count). The van der Waals surface area contributed by atoms with Gasteiger partial charge in [0.15, 0.2) is 0 Å². The summed E-state index contributed by atoms with van der Waals surface area (Å²) >= 11 is 0. The van der Waals surface area contributed by atoms with E-state index in [1.807, 2.05) is 6.08 Å². The monoisotopic (exact) mass is 330 g/mol. The van der Waals surface area contributed by atoms with Crippen LogP contribution in [0.3, 0.4) is 0 Å². The van der Waals surface area contributed by atoms with Crippen LogP contribution in [0.2, 0.25) is 0 Å². The van der Waals surface area contributed by atoms with E-state index < -0.39 is 0 Å². The molecule has 0 spiro atoms. The van der Waals surface area contributed by atoms with Gasteiger partial charge in [0.1, 0.15) is 0 Å². The molecule has 0 heterocycles. The van der Waals surface area contributed by atoms with Crippen LogP contribution in [0.5, 0.6) is 0 Å². The predicted octanol–water partition coefficient (Wildman–Crippen LogP) is 7.32. The van der Waals surface area contributed by atoms with E-state index in [-0.39, 0.29) is 0 Å². The zero-order valence-corrected chi connectivity index (χ0v) is 15.5. The third-order valence-corrected chi connectivity index (χ3v) is 5.54. The molecule has 130 valence electrons. The van der Waals surface area contributed by atoms with Gasteiger partial charge in [-0.15, -0.1) is 6.58 Å². The van der Waals surface area contributed by atoms with Crippen molar-refractivity contribution in [1.82, 2.24) is 0 Å². The van der Waals surface area contributed by atoms with Crippen molar-refractivity contribution in [3.63, 3.8) is 0 Å². The SMILES string of the molecule is C=CCCc1ccc(-c2ccc(C3CCC(C=CC)CC3)cc2)cc1. The van der Waals surface area contributed by atoms with Gasteiger partial charge >= 0.3 is 0 Å². The Labute approximate surface area is 153 Å². The highest BCUT2D eigenvalue weighted by atomic mass is 14.3. The van der Waals surface area contributed by atoms with E-state index in [0.29, 0.717) is 0 Å². The molecule has 0 unspecified atom stereocenters. The lowest BCUT2D eigenvalue weighted by atomic mass is 9.78. The summed E-state index contributed by atoms with van der Waals surface area (Å²) in [6, 6.07) is 18.3. The maximum Gasteiger partial charge on any atom is -0.0162 e. The smallest absolute Gasteiger partial charge is 0.0162 e. The van der Waals surface area contributed by atoms with Crippen molar-refractivity contribution in [1.29, 1.82) is 0 Å². The maximum absolute atomic E-state index is 3.80. The van der Waals surface area contributed by atoms with Crippen LogP contribution in [0, 0.1) is 5.92 Å². The molecule has 0 atom stereocenters. The van der Waals surface area contributed by atoms with Gasteiger partial charge < -0.3 is 0 Å². The first-order valence-electron chi connectivity index (χ1n) is 9.73. The lowest BCUT2D eigenvalue weighted by Crippen LogP contribution is -2.11. The van der Waals surface area contributed by atoms with Crippen molar-refractivity contribution >= 4 is 0 Å². The molecule has 0 N–H and O–H groups in total. The fraction of sp³-hybridized carbons (Fsp3) is 0.360. The van der Waals surface area contributed by atoms with Crippen molar-refractivity contribution in [3.8, 4) is 11.1 Å². The van der Waals surface area contributed by atoms with E-state index in [1.165, 1.54) is 47.9 Å². The van der Waals surface area contributed by atoms with E-state index in [2.05, 4.69) is 74.2 Å². The lowest BCUT2D eigenvalue weighted by Gasteiger charge is -2.27. The van der Waals surface area contributed by atoms with Crippen LogP contribution < -0.4 is 0 Å². The van der Waals surface area contributed by atoms with Crippen LogP contribution in [-0.4, -0.2) is 0 Å². The Balaban J connectivity index is 1.63. The third-order valence-electron chi connectivity index (χ3n) is 5.54. The van der Waals surface area contributed by atoms with Gasteiger partial charge in [-0.05, 0) is 79.5 Å². The number of allylic oxidation sites excluding steroid dienone is 3. The first-order chi connectivity index (χ1) is 12.3. The normalized spacial score (nSPS) is 20.7. The van der Waals surface area contributed by atoms with E-state index in [4.69, 9.17) is 0 Å². The molecule has 1 aliphatic rings. The molecular formula is C25H30. The largest absolute Gasteiger partial charge is 0.103 e. The predicted molar refractivity (Wildman–Crippen MR) is 110 cm³/mol. The van der Waals surface area contributed by atoms with Crippen molar-refractivity contribution in [3.05, 3.63) is 84.5 Å². The second kappa shape index (κ2) is 8.85. The number of hydrogen-bond donors (Lipinski definition) is 0. The summed E-state index contributed by atoms with van der Waals surface area (Å²) in [5.74, 6) is 1.55.